The molecule has 0 radical (unpaired) electrons. The molecule has 1 aromatic carbocycles. The predicted molar refractivity (Wildman–Crippen MR) is 78.1 cm³/mol. The van der Waals surface area contributed by atoms with Crippen molar-refractivity contribution in [2.24, 2.45) is 5.73 Å². The Morgan fingerprint density at radius 2 is 2.22 bits per heavy atom. The number of rotatable bonds is 5. The van der Waals surface area contributed by atoms with E-state index in [9.17, 15) is 0 Å². The van der Waals surface area contributed by atoms with Gasteiger partial charge in [-0.2, -0.15) is 0 Å². The van der Waals surface area contributed by atoms with E-state index in [0.29, 0.717) is 12.6 Å². The van der Waals surface area contributed by atoms with E-state index in [4.69, 9.17) is 5.73 Å². The van der Waals surface area contributed by atoms with Gasteiger partial charge in [-0.05, 0) is 43.6 Å². The predicted octanol–water partition coefficient (Wildman–Crippen LogP) is 2.02. The van der Waals surface area contributed by atoms with Crippen LogP contribution in [0.25, 0.3) is 0 Å². The third kappa shape index (κ3) is 2.52. The lowest BCUT2D eigenvalue weighted by atomic mass is 10.0. The Bertz CT molecular complexity index is 403. The van der Waals surface area contributed by atoms with Gasteiger partial charge < -0.3 is 10.6 Å². The first-order valence-electron chi connectivity index (χ1n) is 6.91. The summed E-state index contributed by atoms with van der Waals surface area (Å²) in [6.45, 7) is 5.13. The van der Waals surface area contributed by atoms with E-state index in [1.54, 1.807) is 0 Å². The second kappa shape index (κ2) is 5.72. The van der Waals surface area contributed by atoms with Crippen LogP contribution >= 0.6 is 0 Å². The van der Waals surface area contributed by atoms with Gasteiger partial charge in [0.05, 0.1) is 0 Å². The number of hydrogen-bond acceptors (Lipinski definition) is 3. The second-order valence-electron chi connectivity index (χ2n) is 5.29. The molecule has 0 amide bonds. The maximum atomic E-state index is 5.96. The van der Waals surface area contributed by atoms with Crippen LogP contribution in [0, 0.1) is 0 Å². The molecule has 1 atom stereocenters. The van der Waals surface area contributed by atoms with Crippen molar-refractivity contribution in [2.75, 3.05) is 38.6 Å². The van der Waals surface area contributed by atoms with E-state index in [2.05, 4.69) is 49.0 Å². The third-order valence-corrected chi connectivity index (χ3v) is 3.95. The molecule has 3 heteroatoms. The number of nitrogens with two attached hydrogens (primary N) is 1. The molecule has 1 aliphatic heterocycles. The standard InChI is InChI=1S/C15H25N3/c1-4-8-17(2)15(11-16)12-5-6-14-13(10-12)7-9-18(14)3/h5-6,10,15H,4,7-9,11,16H2,1-3H3. The van der Waals surface area contributed by atoms with Gasteiger partial charge >= 0.3 is 0 Å². The van der Waals surface area contributed by atoms with Crippen LogP contribution in [0.4, 0.5) is 5.69 Å². The molecule has 1 heterocycles. The monoisotopic (exact) mass is 247 g/mol. The molecule has 0 aromatic heterocycles. The van der Waals surface area contributed by atoms with Gasteiger partial charge in [0, 0.05) is 31.9 Å². The summed E-state index contributed by atoms with van der Waals surface area (Å²) < 4.78 is 0. The Labute approximate surface area is 111 Å². The van der Waals surface area contributed by atoms with Crippen molar-refractivity contribution in [3.05, 3.63) is 29.3 Å². The molecular weight excluding hydrogens is 222 g/mol. The summed E-state index contributed by atoms with van der Waals surface area (Å²) in [5.74, 6) is 0. The van der Waals surface area contributed by atoms with Crippen LogP contribution < -0.4 is 10.6 Å². The van der Waals surface area contributed by atoms with Crippen LogP contribution in [0.15, 0.2) is 18.2 Å². The Kier molecular flexibility index (Phi) is 4.25. The molecule has 1 aliphatic rings. The van der Waals surface area contributed by atoms with Crippen molar-refractivity contribution in [3.63, 3.8) is 0 Å². The number of fused-ring (bicyclic) bond motifs is 1. The van der Waals surface area contributed by atoms with Gasteiger partial charge in [-0.3, -0.25) is 4.90 Å². The van der Waals surface area contributed by atoms with Gasteiger partial charge in [-0.25, -0.2) is 0 Å². The highest BCUT2D eigenvalue weighted by Crippen LogP contribution is 2.30. The van der Waals surface area contributed by atoms with Crippen molar-refractivity contribution in [3.8, 4) is 0 Å². The molecule has 0 fully saturated rings. The summed E-state index contributed by atoms with van der Waals surface area (Å²) in [6, 6.07) is 7.19. The lowest BCUT2D eigenvalue weighted by Crippen LogP contribution is -2.31. The second-order valence-corrected chi connectivity index (χ2v) is 5.29. The topological polar surface area (TPSA) is 32.5 Å². The van der Waals surface area contributed by atoms with Crippen molar-refractivity contribution < 1.29 is 0 Å². The molecule has 2 N–H and O–H groups in total. The lowest BCUT2D eigenvalue weighted by molar-refractivity contribution is 0.250. The summed E-state index contributed by atoms with van der Waals surface area (Å²) in [7, 11) is 4.33. The van der Waals surface area contributed by atoms with Crippen molar-refractivity contribution in [1.29, 1.82) is 0 Å². The van der Waals surface area contributed by atoms with Gasteiger partial charge in [0.1, 0.15) is 0 Å². The fourth-order valence-electron chi connectivity index (χ4n) is 2.87. The first-order chi connectivity index (χ1) is 8.67. The minimum atomic E-state index is 0.348. The van der Waals surface area contributed by atoms with E-state index in [1.807, 2.05) is 0 Å². The van der Waals surface area contributed by atoms with Gasteiger partial charge in [0.2, 0.25) is 0 Å². The Morgan fingerprint density at radius 1 is 1.44 bits per heavy atom. The molecule has 0 saturated carbocycles. The average Bonchev–Trinajstić information content (AvgIpc) is 2.72. The summed E-state index contributed by atoms with van der Waals surface area (Å²) in [6.07, 6.45) is 2.33. The number of likely N-dealkylation sites (N-methyl/N-ethyl adjacent to an activating group) is 2. The van der Waals surface area contributed by atoms with Crippen LogP contribution in [0.2, 0.25) is 0 Å². The van der Waals surface area contributed by atoms with E-state index >= 15 is 0 Å². The van der Waals surface area contributed by atoms with Crippen LogP contribution in [0.3, 0.4) is 0 Å². The van der Waals surface area contributed by atoms with Crippen molar-refractivity contribution in [2.45, 2.75) is 25.8 Å². The first kappa shape index (κ1) is 13.4. The minimum Gasteiger partial charge on any atom is -0.374 e. The largest absolute Gasteiger partial charge is 0.374 e. The molecule has 0 saturated heterocycles. The van der Waals surface area contributed by atoms with E-state index in [1.165, 1.54) is 23.2 Å². The number of nitrogens with zero attached hydrogens (tertiary/aromatic N) is 2. The maximum Gasteiger partial charge on any atom is 0.0467 e. The molecule has 0 aliphatic carbocycles. The maximum absolute atomic E-state index is 5.96. The summed E-state index contributed by atoms with van der Waals surface area (Å²) >= 11 is 0. The normalized spacial score (nSPS) is 16.2. The highest BCUT2D eigenvalue weighted by Gasteiger charge is 2.20. The SMILES string of the molecule is CCCN(C)C(CN)c1ccc2c(c1)CCN2C. The molecule has 0 bridgehead atoms. The zero-order valence-corrected chi connectivity index (χ0v) is 11.8. The highest BCUT2D eigenvalue weighted by molar-refractivity contribution is 5.58. The van der Waals surface area contributed by atoms with Gasteiger partial charge in [0.25, 0.3) is 0 Å². The van der Waals surface area contributed by atoms with E-state index in [-0.39, 0.29) is 0 Å². The smallest absolute Gasteiger partial charge is 0.0467 e. The van der Waals surface area contributed by atoms with Crippen LogP contribution in [-0.4, -0.2) is 38.6 Å². The summed E-state index contributed by atoms with van der Waals surface area (Å²) in [4.78, 5) is 4.69. The number of hydrogen-bond donors (Lipinski definition) is 1. The van der Waals surface area contributed by atoms with Crippen LogP contribution in [0.1, 0.15) is 30.5 Å². The van der Waals surface area contributed by atoms with Gasteiger partial charge in [-0.15, -0.1) is 0 Å². The fourth-order valence-corrected chi connectivity index (χ4v) is 2.87. The molecule has 1 unspecified atom stereocenters. The van der Waals surface area contributed by atoms with Crippen LogP contribution in [-0.2, 0) is 6.42 Å². The molecule has 18 heavy (non-hydrogen) atoms. The van der Waals surface area contributed by atoms with Crippen LogP contribution in [0.5, 0.6) is 0 Å². The highest BCUT2D eigenvalue weighted by atomic mass is 15.1. The number of anilines is 1. The Morgan fingerprint density at radius 3 is 2.89 bits per heavy atom. The van der Waals surface area contributed by atoms with Crippen molar-refractivity contribution in [1.82, 2.24) is 4.90 Å². The number of benzene rings is 1. The van der Waals surface area contributed by atoms with Crippen molar-refractivity contribution >= 4 is 5.69 Å². The average molecular weight is 247 g/mol. The Hall–Kier alpha value is -1.06. The van der Waals surface area contributed by atoms with E-state index < -0.39 is 0 Å². The quantitative estimate of drug-likeness (QED) is 0.864. The zero-order valence-electron chi connectivity index (χ0n) is 11.8. The molecule has 3 nitrogen and oxygen atoms in total. The minimum absolute atomic E-state index is 0.348. The molecule has 100 valence electrons. The summed E-state index contributed by atoms with van der Waals surface area (Å²) in [5, 5.41) is 0. The Balaban J connectivity index is 2.22. The van der Waals surface area contributed by atoms with Gasteiger partial charge in [-0.1, -0.05) is 19.1 Å². The fraction of sp³-hybridized carbons (Fsp3) is 0.600. The third-order valence-electron chi connectivity index (χ3n) is 3.95. The molecule has 2 rings (SSSR count). The molecule has 1 aromatic rings. The zero-order chi connectivity index (χ0) is 13.1. The first-order valence-corrected chi connectivity index (χ1v) is 6.91. The van der Waals surface area contributed by atoms with Gasteiger partial charge in [0.15, 0.2) is 0 Å². The van der Waals surface area contributed by atoms with E-state index in [0.717, 1.165) is 19.5 Å². The molecular formula is C15H25N3. The lowest BCUT2D eigenvalue weighted by Gasteiger charge is -2.27. The summed E-state index contributed by atoms with van der Waals surface area (Å²) in [5.41, 5.74) is 10.2. The molecule has 0 spiro atoms.